The predicted octanol–water partition coefficient (Wildman–Crippen LogP) is 2.02. The van der Waals surface area contributed by atoms with Crippen molar-refractivity contribution in [3.8, 4) is 0 Å². The van der Waals surface area contributed by atoms with E-state index in [1.54, 1.807) is 0 Å². The van der Waals surface area contributed by atoms with Crippen LogP contribution < -0.4 is 10.6 Å². The molecule has 30 heavy (non-hydrogen) atoms. The topological polar surface area (TPSA) is 67.4 Å². The van der Waals surface area contributed by atoms with Crippen LogP contribution in [0.4, 0.5) is 0 Å². The van der Waals surface area contributed by atoms with Gasteiger partial charge in [-0.3, -0.25) is 4.90 Å². The van der Waals surface area contributed by atoms with Gasteiger partial charge in [0.2, 0.25) is 0 Å². The molecule has 1 unspecified atom stereocenters. The fraction of sp³-hybridized carbons (Fsp3) is 0.696. The molecule has 0 amide bonds. The van der Waals surface area contributed by atoms with Crippen LogP contribution in [0.25, 0.3) is 0 Å². The number of rotatable bonds is 11. The van der Waals surface area contributed by atoms with Gasteiger partial charge in [0.25, 0.3) is 0 Å². The molecule has 7 nitrogen and oxygen atoms in total. The molecule has 1 atom stereocenters. The molecule has 168 valence electrons. The molecule has 0 radical (unpaired) electrons. The van der Waals surface area contributed by atoms with Crippen LogP contribution in [0.5, 0.6) is 0 Å². The van der Waals surface area contributed by atoms with Crippen LogP contribution in [0.1, 0.15) is 30.9 Å². The van der Waals surface area contributed by atoms with Gasteiger partial charge in [0.15, 0.2) is 5.96 Å². The summed E-state index contributed by atoms with van der Waals surface area (Å²) in [5, 5.41) is 6.74. The molecular weight excluding hydrogens is 380 g/mol. The monoisotopic (exact) mass is 418 g/mol. The molecule has 0 spiro atoms. The van der Waals surface area contributed by atoms with Crippen LogP contribution in [0.2, 0.25) is 0 Å². The van der Waals surface area contributed by atoms with Crippen molar-refractivity contribution in [1.29, 1.82) is 0 Å². The first-order chi connectivity index (χ1) is 14.8. The molecular formula is C23H38N4O3. The maximum atomic E-state index is 5.77. The zero-order valence-corrected chi connectivity index (χ0v) is 18.4. The minimum absolute atomic E-state index is 0.579. The Balaban J connectivity index is 1.38. The van der Waals surface area contributed by atoms with Gasteiger partial charge >= 0.3 is 0 Å². The fourth-order valence-electron chi connectivity index (χ4n) is 3.70. The largest absolute Gasteiger partial charge is 0.381 e. The van der Waals surface area contributed by atoms with Gasteiger partial charge in [-0.05, 0) is 30.9 Å². The maximum Gasteiger partial charge on any atom is 0.191 e. The van der Waals surface area contributed by atoms with Crippen LogP contribution in [0, 0.1) is 5.92 Å². The first-order valence-corrected chi connectivity index (χ1v) is 11.4. The van der Waals surface area contributed by atoms with Crippen molar-refractivity contribution < 1.29 is 14.2 Å². The highest BCUT2D eigenvalue weighted by Gasteiger charge is 2.15. The zero-order valence-electron chi connectivity index (χ0n) is 18.4. The number of nitrogens with zero attached hydrogens (tertiary/aromatic N) is 2. The fourth-order valence-corrected chi connectivity index (χ4v) is 3.70. The van der Waals surface area contributed by atoms with Crippen LogP contribution in [-0.2, 0) is 27.3 Å². The maximum absolute atomic E-state index is 5.77. The number of guanidine groups is 1. The van der Waals surface area contributed by atoms with Gasteiger partial charge in [-0.25, -0.2) is 4.99 Å². The highest BCUT2D eigenvalue weighted by molar-refractivity contribution is 5.79. The van der Waals surface area contributed by atoms with Gasteiger partial charge in [-0.1, -0.05) is 24.3 Å². The molecule has 2 aliphatic heterocycles. The second-order valence-electron chi connectivity index (χ2n) is 7.99. The Morgan fingerprint density at radius 1 is 1.17 bits per heavy atom. The van der Waals surface area contributed by atoms with Crippen molar-refractivity contribution in [3.05, 3.63) is 35.4 Å². The van der Waals surface area contributed by atoms with E-state index in [4.69, 9.17) is 19.2 Å². The second-order valence-corrected chi connectivity index (χ2v) is 7.99. The van der Waals surface area contributed by atoms with E-state index in [-0.39, 0.29) is 0 Å². The number of nitrogens with one attached hydrogen (secondary N) is 2. The lowest BCUT2D eigenvalue weighted by Crippen LogP contribution is -2.38. The minimum atomic E-state index is 0.579. The Bertz CT molecular complexity index is 629. The predicted molar refractivity (Wildman–Crippen MR) is 120 cm³/mol. The lowest BCUT2D eigenvalue weighted by molar-refractivity contribution is 0.0342. The molecule has 0 saturated carbocycles. The van der Waals surface area contributed by atoms with Crippen molar-refractivity contribution in [2.45, 2.75) is 32.9 Å². The summed E-state index contributed by atoms with van der Waals surface area (Å²) in [6.45, 7) is 12.4. The molecule has 0 aromatic heterocycles. The third-order valence-corrected chi connectivity index (χ3v) is 5.40. The average molecular weight is 419 g/mol. The normalized spacial score (nSPS) is 20.4. The highest BCUT2D eigenvalue weighted by Crippen LogP contribution is 2.12. The summed E-state index contributed by atoms with van der Waals surface area (Å²) in [6, 6.07) is 8.75. The summed E-state index contributed by atoms with van der Waals surface area (Å²) in [4.78, 5) is 7.20. The van der Waals surface area contributed by atoms with Gasteiger partial charge in [-0.2, -0.15) is 0 Å². The van der Waals surface area contributed by atoms with E-state index in [1.807, 2.05) is 0 Å². The molecule has 1 aromatic carbocycles. The molecule has 0 aliphatic carbocycles. The first kappa shape index (κ1) is 23.0. The van der Waals surface area contributed by atoms with Crippen molar-refractivity contribution in [2.75, 3.05) is 65.8 Å². The zero-order chi connectivity index (χ0) is 20.9. The molecule has 2 heterocycles. The standard InChI is InChI=1S/C23H38N4O3/c1-2-24-23(25-8-4-11-29-18-22-7-12-30-19-22)26-16-20-5-3-6-21(15-20)17-27-9-13-28-14-10-27/h3,5-6,15,22H,2,4,7-14,16-19H2,1H3,(H2,24,25,26). The van der Waals surface area contributed by atoms with Crippen molar-refractivity contribution in [1.82, 2.24) is 15.5 Å². The molecule has 1 aromatic rings. The minimum Gasteiger partial charge on any atom is -0.381 e. The lowest BCUT2D eigenvalue weighted by atomic mass is 10.1. The second kappa shape index (κ2) is 13.6. The summed E-state index contributed by atoms with van der Waals surface area (Å²) < 4.78 is 16.6. The average Bonchev–Trinajstić information content (AvgIpc) is 3.29. The van der Waals surface area contributed by atoms with Crippen molar-refractivity contribution in [3.63, 3.8) is 0 Å². The van der Waals surface area contributed by atoms with E-state index < -0.39 is 0 Å². The molecule has 2 N–H and O–H groups in total. The van der Waals surface area contributed by atoms with Crippen LogP contribution >= 0.6 is 0 Å². The van der Waals surface area contributed by atoms with E-state index in [2.05, 4.69) is 46.7 Å². The van der Waals surface area contributed by atoms with Gasteiger partial charge in [0.1, 0.15) is 0 Å². The number of hydrogen-bond donors (Lipinski definition) is 2. The van der Waals surface area contributed by atoms with E-state index in [0.29, 0.717) is 12.5 Å². The van der Waals surface area contributed by atoms with E-state index in [0.717, 1.165) is 91.2 Å². The summed E-state index contributed by atoms with van der Waals surface area (Å²) in [7, 11) is 0. The number of benzene rings is 1. The Labute approximate surface area is 181 Å². The first-order valence-electron chi connectivity index (χ1n) is 11.4. The molecule has 2 aliphatic rings. The van der Waals surface area contributed by atoms with Crippen LogP contribution in [0.15, 0.2) is 29.3 Å². The molecule has 7 heteroatoms. The molecule has 0 bridgehead atoms. The Kier molecular flexibility index (Phi) is 10.4. The summed E-state index contributed by atoms with van der Waals surface area (Å²) in [5.41, 5.74) is 2.58. The van der Waals surface area contributed by atoms with E-state index in [1.165, 1.54) is 11.1 Å². The molecule has 2 fully saturated rings. The van der Waals surface area contributed by atoms with Crippen LogP contribution in [-0.4, -0.2) is 76.7 Å². The van der Waals surface area contributed by atoms with Gasteiger partial charge in [-0.15, -0.1) is 0 Å². The Hall–Kier alpha value is -1.67. The quantitative estimate of drug-likeness (QED) is 0.326. The summed E-state index contributed by atoms with van der Waals surface area (Å²) >= 11 is 0. The SMILES string of the molecule is CCNC(=NCc1cccc(CN2CCOCC2)c1)NCCCOCC1CCOC1. The number of hydrogen-bond acceptors (Lipinski definition) is 5. The Morgan fingerprint density at radius 2 is 2.03 bits per heavy atom. The Morgan fingerprint density at radius 3 is 2.83 bits per heavy atom. The highest BCUT2D eigenvalue weighted by atomic mass is 16.5. The smallest absolute Gasteiger partial charge is 0.191 e. The van der Waals surface area contributed by atoms with Crippen molar-refractivity contribution >= 4 is 5.96 Å². The third-order valence-electron chi connectivity index (χ3n) is 5.40. The van der Waals surface area contributed by atoms with Crippen LogP contribution in [0.3, 0.4) is 0 Å². The van der Waals surface area contributed by atoms with Gasteiger partial charge in [0.05, 0.1) is 33.0 Å². The molecule has 3 rings (SSSR count). The number of ether oxygens (including phenoxy) is 3. The lowest BCUT2D eigenvalue weighted by Gasteiger charge is -2.26. The summed E-state index contributed by atoms with van der Waals surface area (Å²) in [5.74, 6) is 1.44. The van der Waals surface area contributed by atoms with Gasteiger partial charge in [0, 0.05) is 51.9 Å². The number of aliphatic imine (C=N–C) groups is 1. The van der Waals surface area contributed by atoms with E-state index in [9.17, 15) is 0 Å². The molecule has 2 saturated heterocycles. The number of morpholine rings is 1. The summed E-state index contributed by atoms with van der Waals surface area (Å²) in [6.07, 6.45) is 2.09. The van der Waals surface area contributed by atoms with Crippen molar-refractivity contribution in [2.24, 2.45) is 10.9 Å². The van der Waals surface area contributed by atoms with E-state index >= 15 is 0 Å². The van der Waals surface area contributed by atoms with Gasteiger partial charge < -0.3 is 24.8 Å². The third kappa shape index (κ3) is 8.60.